The number of hydrogen-bond acceptors (Lipinski definition) is 4. The molecule has 0 spiro atoms. The summed E-state index contributed by atoms with van der Waals surface area (Å²) in [7, 11) is 0. The average molecular weight is 369 g/mol. The molecular weight excluding hydrogens is 348 g/mol. The van der Waals surface area contributed by atoms with Crippen LogP contribution in [0.4, 0.5) is 0 Å². The molecule has 134 valence electrons. The smallest absolute Gasteiger partial charge is 0.135 e. The van der Waals surface area contributed by atoms with Gasteiger partial charge in [0.1, 0.15) is 12.4 Å². The number of rotatable bonds is 5. The molecule has 0 amide bonds. The molecule has 1 N–H and O–H groups in total. The number of aryl methyl sites for hydroxylation is 1. The summed E-state index contributed by atoms with van der Waals surface area (Å²) in [6.45, 7) is 4.83. The highest BCUT2D eigenvalue weighted by molar-refractivity contribution is 6.30. The van der Waals surface area contributed by atoms with Crippen molar-refractivity contribution in [1.82, 2.24) is 19.9 Å². The van der Waals surface area contributed by atoms with Gasteiger partial charge in [0.25, 0.3) is 0 Å². The molecular formula is C20H21ClN4O. The first-order valence-electron chi connectivity index (χ1n) is 8.74. The Hall–Kier alpha value is -2.21. The van der Waals surface area contributed by atoms with Crippen LogP contribution in [0.2, 0.25) is 5.02 Å². The number of nitrogens with zero attached hydrogens (tertiary/aromatic N) is 3. The molecule has 0 aliphatic carbocycles. The molecule has 1 aromatic carbocycles. The van der Waals surface area contributed by atoms with Crippen LogP contribution in [0.15, 0.2) is 48.7 Å². The highest BCUT2D eigenvalue weighted by atomic mass is 35.5. The van der Waals surface area contributed by atoms with Gasteiger partial charge in [-0.2, -0.15) is 0 Å². The van der Waals surface area contributed by atoms with E-state index in [1.165, 1.54) is 0 Å². The van der Waals surface area contributed by atoms with Gasteiger partial charge < -0.3 is 14.6 Å². The molecule has 0 saturated carbocycles. The molecule has 1 atom stereocenters. The second-order valence-corrected chi connectivity index (χ2v) is 6.95. The number of imidazole rings is 1. The van der Waals surface area contributed by atoms with Gasteiger partial charge in [0.05, 0.1) is 30.2 Å². The van der Waals surface area contributed by atoms with Gasteiger partial charge in [-0.15, -0.1) is 0 Å². The van der Waals surface area contributed by atoms with Crippen LogP contribution in [0.5, 0.6) is 0 Å². The van der Waals surface area contributed by atoms with Crippen LogP contribution < -0.4 is 5.32 Å². The van der Waals surface area contributed by atoms with Gasteiger partial charge in [-0.3, -0.25) is 4.98 Å². The van der Waals surface area contributed by atoms with Crippen molar-refractivity contribution >= 4 is 11.6 Å². The predicted molar refractivity (Wildman–Crippen MR) is 102 cm³/mol. The van der Waals surface area contributed by atoms with E-state index in [1.807, 2.05) is 55.6 Å². The van der Waals surface area contributed by atoms with E-state index in [-0.39, 0.29) is 6.10 Å². The molecule has 3 aromatic rings. The van der Waals surface area contributed by atoms with Gasteiger partial charge in [0.2, 0.25) is 0 Å². The van der Waals surface area contributed by atoms with Crippen LogP contribution in [0.3, 0.4) is 0 Å². The SMILES string of the molecule is Cc1cccc(CNCC2Cn3c(-c4ccc(Cl)cc4)cnc3CO2)n1. The molecule has 2 aromatic heterocycles. The van der Waals surface area contributed by atoms with E-state index in [4.69, 9.17) is 16.3 Å². The lowest BCUT2D eigenvalue weighted by Crippen LogP contribution is -2.36. The first kappa shape index (κ1) is 17.2. The first-order chi connectivity index (χ1) is 12.7. The highest BCUT2D eigenvalue weighted by Gasteiger charge is 2.22. The number of pyridine rings is 1. The largest absolute Gasteiger partial charge is 0.367 e. The third-order valence-electron chi connectivity index (χ3n) is 4.54. The second-order valence-electron chi connectivity index (χ2n) is 6.51. The fourth-order valence-electron chi connectivity index (χ4n) is 3.22. The van der Waals surface area contributed by atoms with E-state index >= 15 is 0 Å². The van der Waals surface area contributed by atoms with E-state index < -0.39 is 0 Å². The second kappa shape index (κ2) is 7.58. The summed E-state index contributed by atoms with van der Waals surface area (Å²) in [6.07, 6.45) is 2.02. The summed E-state index contributed by atoms with van der Waals surface area (Å²) in [4.78, 5) is 9.02. The average Bonchev–Trinajstić information content (AvgIpc) is 3.06. The molecule has 0 bridgehead atoms. The summed E-state index contributed by atoms with van der Waals surface area (Å²) in [5.41, 5.74) is 4.30. The van der Waals surface area contributed by atoms with Crippen molar-refractivity contribution in [3.63, 3.8) is 0 Å². The van der Waals surface area contributed by atoms with Crippen molar-refractivity contribution in [2.24, 2.45) is 0 Å². The molecule has 6 heteroatoms. The van der Waals surface area contributed by atoms with Gasteiger partial charge in [-0.05, 0) is 36.8 Å². The minimum atomic E-state index is 0.104. The summed E-state index contributed by atoms with van der Waals surface area (Å²) in [6, 6.07) is 13.9. The molecule has 1 unspecified atom stereocenters. The summed E-state index contributed by atoms with van der Waals surface area (Å²) < 4.78 is 8.19. The molecule has 1 aliphatic rings. The summed E-state index contributed by atoms with van der Waals surface area (Å²) in [5, 5.41) is 4.19. The molecule has 5 nitrogen and oxygen atoms in total. The van der Waals surface area contributed by atoms with E-state index in [0.717, 1.165) is 53.1 Å². The minimum absolute atomic E-state index is 0.104. The van der Waals surface area contributed by atoms with Crippen molar-refractivity contribution < 1.29 is 4.74 Å². The predicted octanol–water partition coefficient (Wildman–Crippen LogP) is 3.60. The Labute approximate surface area is 158 Å². The third-order valence-corrected chi connectivity index (χ3v) is 4.79. The number of hydrogen-bond donors (Lipinski definition) is 1. The van der Waals surface area contributed by atoms with E-state index in [0.29, 0.717) is 6.61 Å². The topological polar surface area (TPSA) is 52.0 Å². The van der Waals surface area contributed by atoms with Gasteiger partial charge in [0, 0.05) is 23.8 Å². The maximum Gasteiger partial charge on any atom is 0.135 e. The Morgan fingerprint density at radius 3 is 2.88 bits per heavy atom. The highest BCUT2D eigenvalue weighted by Crippen LogP contribution is 2.26. The van der Waals surface area contributed by atoms with Crippen molar-refractivity contribution in [2.45, 2.75) is 32.7 Å². The molecule has 0 radical (unpaired) electrons. The van der Waals surface area contributed by atoms with E-state index in [9.17, 15) is 0 Å². The standard InChI is InChI=1S/C20H21ClN4O/c1-14-3-2-4-17(24-14)9-22-10-18-12-25-19(11-23-20(25)13-26-18)15-5-7-16(21)8-6-15/h2-8,11,18,22H,9-10,12-13H2,1H3. The van der Waals surface area contributed by atoms with Crippen molar-refractivity contribution in [3.8, 4) is 11.3 Å². The van der Waals surface area contributed by atoms with Crippen LogP contribution in [0.25, 0.3) is 11.3 Å². The van der Waals surface area contributed by atoms with Crippen LogP contribution in [-0.2, 0) is 24.4 Å². The quantitative estimate of drug-likeness (QED) is 0.747. The zero-order valence-electron chi connectivity index (χ0n) is 14.7. The Morgan fingerprint density at radius 2 is 2.08 bits per heavy atom. The number of benzene rings is 1. The number of halogens is 1. The summed E-state index contributed by atoms with van der Waals surface area (Å²) >= 11 is 6.00. The van der Waals surface area contributed by atoms with Gasteiger partial charge in [-0.25, -0.2) is 4.98 Å². The molecule has 0 fully saturated rings. The molecule has 1 aliphatic heterocycles. The van der Waals surface area contributed by atoms with Crippen LogP contribution in [0.1, 0.15) is 17.2 Å². The Morgan fingerprint density at radius 1 is 1.23 bits per heavy atom. The molecule has 0 saturated heterocycles. The van der Waals surface area contributed by atoms with Gasteiger partial charge >= 0.3 is 0 Å². The lowest BCUT2D eigenvalue weighted by Gasteiger charge is -2.26. The maximum atomic E-state index is 6.00. The summed E-state index contributed by atoms with van der Waals surface area (Å²) in [5.74, 6) is 0.964. The normalized spacial score (nSPS) is 16.5. The van der Waals surface area contributed by atoms with Crippen molar-refractivity contribution in [1.29, 1.82) is 0 Å². The minimum Gasteiger partial charge on any atom is -0.367 e. The Balaban J connectivity index is 1.41. The lowest BCUT2D eigenvalue weighted by atomic mass is 10.1. The Bertz CT molecular complexity index is 891. The van der Waals surface area contributed by atoms with Crippen LogP contribution >= 0.6 is 11.6 Å². The van der Waals surface area contributed by atoms with Crippen molar-refractivity contribution in [2.75, 3.05) is 6.54 Å². The first-order valence-corrected chi connectivity index (χ1v) is 9.12. The van der Waals surface area contributed by atoms with Gasteiger partial charge in [-0.1, -0.05) is 29.8 Å². The maximum absolute atomic E-state index is 6.00. The number of fused-ring (bicyclic) bond motifs is 1. The zero-order chi connectivity index (χ0) is 17.9. The zero-order valence-corrected chi connectivity index (χ0v) is 15.4. The van der Waals surface area contributed by atoms with Gasteiger partial charge in [0.15, 0.2) is 0 Å². The molecule has 4 rings (SSSR count). The van der Waals surface area contributed by atoms with E-state index in [2.05, 4.69) is 19.9 Å². The fourth-order valence-corrected chi connectivity index (χ4v) is 3.34. The number of aromatic nitrogens is 3. The van der Waals surface area contributed by atoms with E-state index in [1.54, 1.807) is 0 Å². The molecule has 3 heterocycles. The third kappa shape index (κ3) is 3.80. The van der Waals surface area contributed by atoms with Crippen molar-refractivity contribution in [3.05, 3.63) is 70.9 Å². The number of ether oxygens (including phenoxy) is 1. The molecule has 26 heavy (non-hydrogen) atoms. The fraction of sp³-hybridized carbons (Fsp3) is 0.300. The Kier molecular flexibility index (Phi) is 5.02. The number of nitrogens with one attached hydrogen (secondary N) is 1. The lowest BCUT2D eigenvalue weighted by molar-refractivity contribution is 0.00322. The monoisotopic (exact) mass is 368 g/mol. The van der Waals surface area contributed by atoms with Crippen LogP contribution in [0, 0.1) is 6.92 Å². The van der Waals surface area contributed by atoms with Crippen LogP contribution in [-0.4, -0.2) is 27.2 Å².